The second kappa shape index (κ2) is 8.05. The molecule has 2 fully saturated rings. The lowest BCUT2D eigenvalue weighted by Gasteiger charge is -2.34. The zero-order chi connectivity index (χ0) is 19.1. The number of hydrogen-bond donors (Lipinski definition) is 2. The molecule has 2 N–H and O–H groups in total. The van der Waals surface area contributed by atoms with Crippen LogP contribution in [0.15, 0.2) is 15.7 Å². The van der Waals surface area contributed by atoms with Gasteiger partial charge in [-0.3, -0.25) is 19.1 Å². The fraction of sp³-hybridized carbons (Fsp3) is 0.579. The number of aryl methyl sites for hydroxylation is 1. The van der Waals surface area contributed by atoms with Crippen LogP contribution in [0.25, 0.3) is 11.0 Å². The summed E-state index contributed by atoms with van der Waals surface area (Å²) in [5.74, 6) is 0.149. The summed E-state index contributed by atoms with van der Waals surface area (Å²) in [6.45, 7) is 6.45. The molecule has 0 spiro atoms. The van der Waals surface area contributed by atoms with Crippen molar-refractivity contribution in [3.63, 3.8) is 0 Å². The van der Waals surface area contributed by atoms with Gasteiger partial charge in [0, 0.05) is 43.8 Å². The van der Waals surface area contributed by atoms with E-state index in [0.717, 1.165) is 38.0 Å². The summed E-state index contributed by atoms with van der Waals surface area (Å²) in [5, 5.41) is 3.50. The first kappa shape index (κ1) is 20.5. The van der Waals surface area contributed by atoms with Crippen LogP contribution >= 0.6 is 12.4 Å². The Morgan fingerprint density at radius 2 is 2.07 bits per heavy atom. The Kier molecular flexibility index (Phi) is 5.90. The number of hydrogen-bond acceptors (Lipinski definition) is 5. The lowest BCUT2D eigenvalue weighted by atomic mass is 10.1. The number of aromatic amines is 1. The van der Waals surface area contributed by atoms with Crippen LogP contribution < -0.4 is 16.6 Å². The van der Waals surface area contributed by atoms with Crippen LogP contribution in [-0.2, 0) is 6.54 Å². The summed E-state index contributed by atoms with van der Waals surface area (Å²) in [6, 6.07) is 1.81. The van der Waals surface area contributed by atoms with E-state index in [1.54, 1.807) is 11.0 Å². The molecule has 2 aromatic rings. The minimum absolute atomic E-state index is 0. The molecule has 1 saturated carbocycles. The van der Waals surface area contributed by atoms with E-state index in [9.17, 15) is 14.4 Å². The van der Waals surface area contributed by atoms with Crippen LogP contribution in [-0.4, -0.2) is 51.0 Å². The second-order valence-electron chi connectivity index (χ2n) is 7.53. The molecule has 2 aromatic heterocycles. The van der Waals surface area contributed by atoms with Crippen molar-refractivity contribution in [2.75, 3.05) is 19.6 Å². The maximum atomic E-state index is 13.4. The Balaban J connectivity index is 0.00000225. The van der Waals surface area contributed by atoms with Crippen molar-refractivity contribution < 1.29 is 4.79 Å². The van der Waals surface area contributed by atoms with Gasteiger partial charge in [0.1, 0.15) is 0 Å². The number of nitrogens with zero attached hydrogens (tertiary/aromatic N) is 3. The van der Waals surface area contributed by atoms with Gasteiger partial charge in [-0.1, -0.05) is 6.92 Å². The van der Waals surface area contributed by atoms with Gasteiger partial charge in [-0.25, -0.2) is 9.78 Å². The summed E-state index contributed by atoms with van der Waals surface area (Å²) in [5.41, 5.74) is 0.499. The molecule has 1 atom stereocenters. The van der Waals surface area contributed by atoms with Crippen molar-refractivity contribution in [2.45, 2.75) is 51.6 Å². The molecule has 2 aliphatic rings. The zero-order valence-corrected chi connectivity index (χ0v) is 17.0. The van der Waals surface area contributed by atoms with E-state index in [-0.39, 0.29) is 29.7 Å². The summed E-state index contributed by atoms with van der Waals surface area (Å²) >= 11 is 0. The van der Waals surface area contributed by atoms with Crippen LogP contribution in [0.3, 0.4) is 0 Å². The largest absolute Gasteiger partial charge is 0.333 e. The van der Waals surface area contributed by atoms with E-state index in [2.05, 4.69) is 15.3 Å². The van der Waals surface area contributed by atoms with Gasteiger partial charge in [0.2, 0.25) is 0 Å². The predicted molar refractivity (Wildman–Crippen MR) is 110 cm³/mol. The number of nitrogens with one attached hydrogen (secondary N) is 2. The Hall–Kier alpha value is -2.19. The number of halogens is 1. The minimum atomic E-state index is -0.539. The standard InChI is InChI=1S/C19H25N5O3.ClH/c1-3-7-24-16-15(17(25)22-19(24)27)13(9-14(21-16)12-4-5-12)18(26)23-8-6-20-10-11(23)2;/h9,11-12,20H,3-8,10H2,1-2H3,(H,22,25,27);1H. The SMILES string of the molecule is CCCn1c(=O)[nH]c(=O)c2c(C(=O)N3CCNCC3C)cc(C3CC3)nc21.Cl. The van der Waals surface area contributed by atoms with Crippen molar-refractivity contribution in [2.24, 2.45) is 0 Å². The van der Waals surface area contributed by atoms with Crippen molar-refractivity contribution >= 4 is 29.3 Å². The quantitative estimate of drug-likeness (QED) is 0.793. The van der Waals surface area contributed by atoms with Gasteiger partial charge in [-0.2, -0.15) is 0 Å². The van der Waals surface area contributed by atoms with E-state index in [4.69, 9.17) is 0 Å². The third-order valence-corrected chi connectivity index (χ3v) is 5.40. The van der Waals surface area contributed by atoms with Crippen LogP contribution in [0.2, 0.25) is 0 Å². The Labute approximate surface area is 168 Å². The fourth-order valence-electron chi connectivity index (χ4n) is 3.78. The number of amides is 1. The number of carbonyl (C=O) groups excluding carboxylic acids is 1. The van der Waals surface area contributed by atoms with Crippen molar-refractivity contribution in [3.05, 3.63) is 38.2 Å². The molecule has 0 bridgehead atoms. The monoisotopic (exact) mass is 407 g/mol. The molecule has 28 heavy (non-hydrogen) atoms. The second-order valence-corrected chi connectivity index (χ2v) is 7.53. The molecule has 3 heterocycles. The first-order valence-corrected chi connectivity index (χ1v) is 9.70. The number of carbonyl (C=O) groups is 1. The lowest BCUT2D eigenvalue weighted by molar-refractivity contribution is 0.0657. The maximum Gasteiger partial charge on any atom is 0.329 e. The summed E-state index contributed by atoms with van der Waals surface area (Å²) in [7, 11) is 0. The minimum Gasteiger partial charge on any atom is -0.333 e. The molecular weight excluding hydrogens is 382 g/mol. The van der Waals surface area contributed by atoms with Gasteiger partial charge in [-0.05, 0) is 32.3 Å². The number of pyridine rings is 1. The van der Waals surface area contributed by atoms with Gasteiger partial charge in [0.25, 0.3) is 11.5 Å². The molecule has 1 aliphatic heterocycles. The molecule has 1 aliphatic carbocycles. The average Bonchev–Trinajstić information content (AvgIpc) is 3.49. The predicted octanol–water partition coefficient (Wildman–Crippen LogP) is 1.23. The van der Waals surface area contributed by atoms with Crippen molar-refractivity contribution in [1.82, 2.24) is 24.8 Å². The first-order chi connectivity index (χ1) is 13.0. The van der Waals surface area contributed by atoms with Crippen LogP contribution in [0, 0.1) is 0 Å². The average molecular weight is 408 g/mol. The molecule has 0 aromatic carbocycles. The molecule has 1 amide bonds. The Morgan fingerprint density at radius 3 is 2.71 bits per heavy atom. The van der Waals surface area contributed by atoms with Gasteiger partial charge in [0.05, 0.1) is 10.9 Å². The Morgan fingerprint density at radius 1 is 1.32 bits per heavy atom. The molecule has 4 rings (SSSR count). The molecular formula is C19H26ClN5O3. The van der Waals surface area contributed by atoms with Crippen molar-refractivity contribution in [3.8, 4) is 0 Å². The molecule has 1 unspecified atom stereocenters. The van der Waals surface area contributed by atoms with E-state index in [0.29, 0.717) is 30.2 Å². The van der Waals surface area contributed by atoms with Gasteiger partial charge in [-0.15, -0.1) is 12.4 Å². The summed E-state index contributed by atoms with van der Waals surface area (Å²) in [6.07, 6.45) is 2.78. The third-order valence-electron chi connectivity index (χ3n) is 5.40. The summed E-state index contributed by atoms with van der Waals surface area (Å²) in [4.78, 5) is 47.2. The van der Waals surface area contributed by atoms with E-state index in [1.807, 2.05) is 13.8 Å². The molecule has 9 heteroatoms. The Bertz CT molecular complexity index is 1010. The number of fused-ring (bicyclic) bond motifs is 1. The highest BCUT2D eigenvalue weighted by Gasteiger charge is 2.31. The smallest absolute Gasteiger partial charge is 0.329 e. The summed E-state index contributed by atoms with van der Waals surface area (Å²) < 4.78 is 1.49. The van der Waals surface area contributed by atoms with Crippen LogP contribution in [0.5, 0.6) is 0 Å². The van der Waals surface area contributed by atoms with Crippen molar-refractivity contribution in [1.29, 1.82) is 0 Å². The highest BCUT2D eigenvalue weighted by molar-refractivity contribution is 6.05. The molecule has 1 saturated heterocycles. The number of H-pyrrole nitrogens is 1. The highest BCUT2D eigenvalue weighted by atomic mass is 35.5. The third kappa shape index (κ3) is 3.58. The first-order valence-electron chi connectivity index (χ1n) is 9.70. The molecule has 152 valence electrons. The molecule has 8 nitrogen and oxygen atoms in total. The fourth-order valence-corrected chi connectivity index (χ4v) is 3.78. The normalized spacial score (nSPS) is 19.5. The van der Waals surface area contributed by atoms with Crippen LogP contribution in [0.1, 0.15) is 55.1 Å². The van der Waals surface area contributed by atoms with E-state index < -0.39 is 11.2 Å². The van der Waals surface area contributed by atoms with Gasteiger partial charge >= 0.3 is 5.69 Å². The number of piperazine rings is 1. The van der Waals surface area contributed by atoms with Crippen LogP contribution in [0.4, 0.5) is 0 Å². The number of aromatic nitrogens is 3. The maximum absolute atomic E-state index is 13.4. The lowest BCUT2D eigenvalue weighted by Crippen LogP contribution is -2.52. The van der Waals surface area contributed by atoms with E-state index >= 15 is 0 Å². The highest BCUT2D eigenvalue weighted by Crippen LogP contribution is 2.40. The van der Waals surface area contributed by atoms with Gasteiger partial charge < -0.3 is 10.2 Å². The zero-order valence-electron chi connectivity index (χ0n) is 16.2. The van der Waals surface area contributed by atoms with E-state index in [1.165, 1.54) is 4.57 Å². The molecule has 0 radical (unpaired) electrons. The number of rotatable bonds is 4. The topological polar surface area (TPSA) is 100 Å². The van der Waals surface area contributed by atoms with Gasteiger partial charge in [0.15, 0.2) is 5.65 Å².